The van der Waals surface area contributed by atoms with Crippen LogP contribution in [0.5, 0.6) is 0 Å². The minimum atomic E-state index is 0.561. The maximum absolute atomic E-state index is 8.48. The molecule has 1 N–H and O–H groups in total. The van der Waals surface area contributed by atoms with Gasteiger partial charge in [-0.15, -0.1) is 0 Å². The first-order chi connectivity index (χ1) is 7.27. The van der Waals surface area contributed by atoms with Crippen molar-refractivity contribution in [3.8, 4) is 6.07 Å². The van der Waals surface area contributed by atoms with Crippen LogP contribution in [0.15, 0.2) is 18.3 Å². The zero-order valence-corrected chi connectivity index (χ0v) is 9.20. The van der Waals surface area contributed by atoms with Gasteiger partial charge < -0.3 is 10.2 Å². The molecule has 0 atom stereocenters. The summed E-state index contributed by atoms with van der Waals surface area (Å²) in [7, 11) is 3.87. The van der Waals surface area contributed by atoms with Gasteiger partial charge in [0.05, 0.1) is 6.07 Å². The van der Waals surface area contributed by atoms with Crippen molar-refractivity contribution in [2.75, 3.05) is 26.0 Å². The van der Waals surface area contributed by atoms with Gasteiger partial charge in [0.1, 0.15) is 5.82 Å². The number of nitrogens with one attached hydrogen (secondary N) is 1. The second kappa shape index (κ2) is 5.99. The lowest BCUT2D eigenvalue weighted by molar-refractivity contribution is 0.335. The van der Waals surface area contributed by atoms with Crippen LogP contribution in [0.3, 0.4) is 0 Å². The van der Waals surface area contributed by atoms with E-state index in [2.05, 4.69) is 21.3 Å². The second-order valence-electron chi connectivity index (χ2n) is 3.41. The average Bonchev–Trinajstić information content (AvgIpc) is 2.27. The standard InChI is InChI=1S/C11H16N4/c1-13-11-10(5-3-7-14-11)9-15(2)8-4-6-12/h3,5,7H,4,8-9H2,1-2H3,(H,13,14). The lowest BCUT2D eigenvalue weighted by atomic mass is 10.2. The topological polar surface area (TPSA) is 52.0 Å². The molecule has 1 aromatic heterocycles. The molecule has 0 radical (unpaired) electrons. The van der Waals surface area contributed by atoms with Gasteiger partial charge in [-0.05, 0) is 13.1 Å². The lowest BCUT2D eigenvalue weighted by Gasteiger charge is -2.16. The van der Waals surface area contributed by atoms with Gasteiger partial charge in [0.15, 0.2) is 0 Å². The number of aromatic nitrogens is 1. The summed E-state index contributed by atoms with van der Waals surface area (Å²) in [4.78, 5) is 6.34. The molecule has 1 aromatic rings. The monoisotopic (exact) mass is 204 g/mol. The van der Waals surface area contributed by atoms with Crippen molar-refractivity contribution in [3.05, 3.63) is 23.9 Å². The molecule has 1 rings (SSSR count). The Labute approximate surface area is 90.5 Å². The molecule has 0 saturated heterocycles. The Hall–Kier alpha value is -1.60. The average molecular weight is 204 g/mol. The number of anilines is 1. The third-order valence-corrected chi connectivity index (χ3v) is 2.17. The van der Waals surface area contributed by atoms with Crippen LogP contribution in [0.1, 0.15) is 12.0 Å². The van der Waals surface area contributed by atoms with Gasteiger partial charge in [-0.1, -0.05) is 6.07 Å². The predicted molar refractivity (Wildman–Crippen MR) is 60.3 cm³/mol. The van der Waals surface area contributed by atoms with Gasteiger partial charge in [-0.25, -0.2) is 4.98 Å². The number of hydrogen-bond donors (Lipinski definition) is 1. The summed E-state index contributed by atoms with van der Waals surface area (Å²) in [6.45, 7) is 1.60. The first-order valence-electron chi connectivity index (χ1n) is 4.95. The predicted octanol–water partition coefficient (Wildman–Crippen LogP) is 1.47. The third kappa shape index (κ3) is 3.56. The number of nitrogens with zero attached hydrogens (tertiary/aromatic N) is 3. The third-order valence-electron chi connectivity index (χ3n) is 2.17. The van der Waals surface area contributed by atoms with E-state index < -0.39 is 0 Å². The Morgan fingerprint density at radius 1 is 1.60 bits per heavy atom. The molecule has 0 aliphatic rings. The summed E-state index contributed by atoms with van der Waals surface area (Å²) in [5, 5.41) is 11.5. The van der Waals surface area contributed by atoms with E-state index in [1.165, 1.54) is 0 Å². The fourth-order valence-electron chi connectivity index (χ4n) is 1.40. The van der Waals surface area contributed by atoms with E-state index in [-0.39, 0.29) is 0 Å². The van der Waals surface area contributed by atoms with Crippen LogP contribution in [0.25, 0.3) is 0 Å². The molecular formula is C11H16N4. The molecule has 0 spiro atoms. The normalized spacial score (nSPS) is 10.0. The highest BCUT2D eigenvalue weighted by molar-refractivity contribution is 5.42. The van der Waals surface area contributed by atoms with E-state index in [1.807, 2.05) is 26.2 Å². The Morgan fingerprint density at radius 3 is 3.07 bits per heavy atom. The summed E-state index contributed by atoms with van der Waals surface area (Å²) < 4.78 is 0. The van der Waals surface area contributed by atoms with Crippen LogP contribution >= 0.6 is 0 Å². The van der Waals surface area contributed by atoms with E-state index >= 15 is 0 Å². The van der Waals surface area contributed by atoms with Crippen LogP contribution in [0.2, 0.25) is 0 Å². The van der Waals surface area contributed by atoms with Crippen molar-refractivity contribution in [2.45, 2.75) is 13.0 Å². The van der Waals surface area contributed by atoms with Crippen LogP contribution in [0, 0.1) is 11.3 Å². The summed E-state index contributed by atoms with van der Waals surface area (Å²) in [5.74, 6) is 0.904. The molecule has 4 heteroatoms. The van der Waals surface area contributed by atoms with Crippen molar-refractivity contribution in [3.63, 3.8) is 0 Å². The van der Waals surface area contributed by atoms with Crippen molar-refractivity contribution in [1.82, 2.24) is 9.88 Å². The Morgan fingerprint density at radius 2 is 2.40 bits per heavy atom. The van der Waals surface area contributed by atoms with Crippen LogP contribution < -0.4 is 5.32 Å². The highest BCUT2D eigenvalue weighted by Gasteiger charge is 2.04. The highest BCUT2D eigenvalue weighted by Crippen LogP contribution is 2.12. The number of pyridine rings is 1. The minimum absolute atomic E-state index is 0.561. The first kappa shape index (κ1) is 11.5. The van der Waals surface area contributed by atoms with E-state index in [1.54, 1.807) is 6.20 Å². The fourth-order valence-corrected chi connectivity index (χ4v) is 1.40. The lowest BCUT2D eigenvalue weighted by Crippen LogP contribution is -2.19. The zero-order valence-electron chi connectivity index (χ0n) is 9.20. The Kier molecular flexibility index (Phi) is 4.58. The second-order valence-corrected chi connectivity index (χ2v) is 3.41. The van der Waals surface area contributed by atoms with Crippen molar-refractivity contribution in [2.24, 2.45) is 0 Å². The number of nitriles is 1. The van der Waals surface area contributed by atoms with Crippen LogP contribution in [-0.2, 0) is 6.54 Å². The van der Waals surface area contributed by atoms with Gasteiger partial charge in [-0.3, -0.25) is 0 Å². The molecule has 0 aromatic carbocycles. The molecule has 0 unspecified atom stereocenters. The Bertz CT molecular complexity index is 343. The fraction of sp³-hybridized carbons (Fsp3) is 0.455. The summed E-state index contributed by atoms with van der Waals surface area (Å²) in [5.41, 5.74) is 1.15. The molecule has 0 aliphatic carbocycles. The molecule has 0 saturated carbocycles. The smallest absolute Gasteiger partial charge is 0.130 e. The molecule has 0 amide bonds. The van der Waals surface area contributed by atoms with Crippen molar-refractivity contribution >= 4 is 5.82 Å². The van der Waals surface area contributed by atoms with E-state index in [0.29, 0.717) is 6.42 Å². The van der Waals surface area contributed by atoms with Crippen molar-refractivity contribution in [1.29, 1.82) is 5.26 Å². The van der Waals surface area contributed by atoms with E-state index in [9.17, 15) is 0 Å². The molecule has 4 nitrogen and oxygen atoms in total. The largest absolute Gasteiger partial charge is 0.373 e. The minimum Gasteiger partial charge on any atom is -0.373 e. The van der Waals surface area contributed by atoms with Gasteiger partial charge >= 0.3 is 0 Å². The van der Waals surface area contributed by atoms with Gasteiger partial charge in [0.25, 0.3) is 0 Å². The summed E-state index contributed by atoms with van der Waals surface area (Å²) in [6.07, 6.45) is 2.33. The maximum Gasteiger partial charge on any atom is 0.130 e. The zero-order chi connectivity index (χ0) is 11.1. The van der Waals surface area contributed by atoms with E-state index in [0.717, 1.165) is 24.5 Å². The SMILES string of the molecule is CNc1ncccc1CN(C)CCC#N. The molecule has 1 heterocycles. The van der Waals surface area contributed by atoms with Gasteiger partial charge in [0.2, 0.25) is 0 Å². The maximum atomic E-state index is 8.48. The van der Waals surface area contributed by atoms with Crippen LogP contribution in [0.4, 0.5) is 5.82 Å². The molecule has 80 valence electrons. The summed E-state index contributed by atoms with van der Waals surface area (Å²) >= 11 is 0. The van der Waals surface area contributed by atoms with Gasteiger partial charge in [0, 0.05) is 38.3 Å². The Balaban J connectivity index is 2.59. The molecular weight excluding hydrogens is 188 g/mol. The number of hydrogen-bond acceptors (Lipinski definition) is 4. The highest BCUT2D eigenvalue weighted by atomic mass is 15.1. The van der Waals surface area contributed by atoms with Crippen LogP contribution in [-0.4, -0.2) is 30.5 Å². The molecule has 0 fully saturated rings. The van der Waals surface area contributed by atoms with E-state index in [4.69, 9.17) is 5.26 Å². The number of rotatable bonds is 5. The first-order valence-corrected chi connectivity index (χ1v) is 4.95. The molecule has 15 heavy (non-hydrogen) atoms. The molecule has 0 aliphatic heterocycles. The quantitative estimate of drug-likeness (QED) is 0.789. The molecule has 0 bridgehead atoms. The summed E-state index contributed by atoms with van der Waals surface area (Å²) in [6, 6.07) is 6.11. The van der Waals surface area contributed by atoms with Crippen molar-refractivity contribution < 1.29 is 0 Å². The van der Waals surface area contributed by atoms with Gasteiger partial charge in [-0.2, -0.15) is 5.26 Å².